The van der Waals surface area contributed by atoms with Crippen molar-refractivity contribution in [2.45, 2.75) is 6.42 Å². The minimum absolute atomic E-state index is 0.208. The van der Waals surface area contributed by atoms with Crippen LogP contribution in [0.4, 0.5) is 4.39 Å². The van der Waals surface area contributed by atoms with Crippen LogP contribution >= 0.6 is 12.2 Å². The van der Waals surface area contributed by atoms with E-state index in [1.165, 1.54) is 12.1 Å². The maximum Gasteiger partial charge on any atom is 0.253 e. The third-order valence-corrected chi connectivity index (χ3v) is 4.19. The number of aromatic amines is 2. The van der Waals surface area contributed by atoms with Crippen molar-refractivity contribution in [2.24, 2.45) is 0 Å². The van der Waals surface area contributed by atoms with Gasteiger partial charge in [0.05, 0.1) is 30.8 Å². The molecule has 3 aromatic rings. The number of rotatable bonds is 6. The maximum absolute atomic E-state index is 13.7. The van der Waals surface area contributed by atoms with Gasteiger partial charge in [0.1, 0.15) is 5.82 Å². The molecule has 136 valence electrons. The van der Waals surface area contributed by atoms with Gasteiger partial charge in [-0.15, -0.1) is 0 Å². The highest BCUT2D eigenvalue weighted by Gasteiger charge is 2.14. The average Bonchev–Trinajstić information content (AvgIpc) is 3.00. The predicted molar refractivity (Wildman–Crippen MR) is 99.0 cm³/mol. The Morgan fingerprint density at radius 3 is 2.65 bits per heavy atom. The number of nitrogens with one attached hydrogen (secondary N) is 3. The minimum atomic E-state index is -0.507. The lowest BCUT2D eigenvalue weighted by atomic mass is 10.1. The number of aromatic nitrogens is 2. The molecular formula is C18H18FN3O3S. The zero-order chi connectivity index (χ0) is 18.7. The normalized spacial score (nSPS) is 10.7. The lowest BCUT2D eigenvalue weighted by molar-refractivity contribution is 0.0955. The summed E-state index contributed by atoms with van der Waals surface area (Å²) in [5.74, 6) is 0.390. The molecule has 1 aromatic heterocycles. The van der Waals surface area contributed by atoms with Crippen LogP contribution in [-0.2, 0) is 6.42 Å². The summed E-state index contributed by atoms with van der Waals surface area (Å²) < 4.78 is 24.5. The number of carbonyl (C=O) groups excluding carboxylic acids is 1. The van der Waals surface area contributed by atoms with E-state index in [9.17, 15) is 9.18 Å². The number of imidazole rings is 1. The fourth-order valence-corrected chi connectivity index (χ4v) is 2.95. The number of halogens is 1. The standard InChI is InChI=1S/C18H18FN3O3S/c1-24-14-4-3-10(7-15(14)25-2)5-6-20-17(23)12-8-11(19)9-13-16(12)22-18(26)21-13/h3-4,7-9H,5-6H2,1-2H3,(H,20,23)(H2,21,22,26). The molecule has 0 aliphatic rings. The number of benzene rings is 2. The fraction of sp³-hybridized carbons (Fsp3) is 0.222. The summed E-state index contributed by atoms with van der Waals surface area (Å²) in [6.45, 7) is 0.386. The molecule has 0 saturated carbocycles. The Morgan fingerprint density at radius 2 is 1.92 bits per heavy atom. The van der Waals surface area contributed by atoms with Gasteiger partial charge in [-0.2, -0.15) is 0 Å². The number of carbonyl (C=O) groups is 1. The van der Waals surface area contributed by atoms with Gasteiger partial charge in [-0.3, -0.25) is 4.79 Å². The van der Waals surface area contributed by atoms with Crippen LogP contribution in [-0.4, -0.2) is 36.6 Å². The highest BCUT2D eigenvalue weighted by atomic mass is 32.1. The quantitative estimate of drug-likeness (QED) is 0.577. The Morgan fingerprint density at radius 1 is 1.15 bits per heavy atom. The van der Waals surface area contributed by atoms with E-state index in [0.717, 1.165) is 5.56 Å². The zero-order valence-electron chi connectivity index (χ0n) is 14.3. The van der Waals surface area contributed by atoms with Crippen LogP contribution in [0.25, 0.3) is 11.0 Å². The van der Waals surface area contributed by atoms with E-state index < -0.39 is 5.82 Å². The predicted octanol–water partition coefficient (Wildman–Crippen LogP) is 3.35. The van der Waals surface area contributed by atoms with Crippen molar-refractivity contribution in [1.29, 1.82) is 0 Å². The molecule has 6 nitrogen and oxygen atoms in total. The molecule has 0 spiro atoms. The van der Waals surface area contributed by atoms with Crippen molar-refractivity contribution in [3.8, 4) is 11.5 Å². The molecule has 0 bridgehead atoms. The Hall–Kier alpha value is -2.87. The Labute approximate surface area is 154 Å². The molecule has 2 aromatic carbocycles. The second-order valence-corrected chi connectivity index (χ2v) is 6.06. The molecule has 1 amide bonds. The van der Waals surface area contributed by atoms with Gasteiger partial charge in [-0.05, 0) is 48.5 Å². The third kappa shape index (κ3) is 3.70. The van der Waals surface area contributed by atoms with Crippen molar-refractivity contribution < 1.29 is 18.7 Å². The van der Waals surface area contributed by atoms with E-state index in [-0.39, 0.29) is 11.5 Å². The average molecular weight is 375 g/mol. The SMILES string of the molecule is COc1ccc(CCNC(=O)c2cc(F)cc3[nH]c(=S)[nH]c23)cc1OC. The van der Waals surface area contributed by atoms with Crippen LogP contribution in [0.5, 0.6) is 11.5 Å². The van der Waals surface area contributed by atoms with E-state index in [1.54, 1.807) is 14.2 Å². The molecule has 26 heavy (non-hydrogen) atoms. The minimum Gasteiger partial charge on any atom is -0.493 e. The van der Waals surface area contributed by atoms with Gasteiger partial charge in [0.15, 0.2) is 16.3 Å². The summed E-state index contributed by atoms with van der Waals surface area (Å²) in [7, 11) is 3.14. The lowest BCUT2D eigenvalue weighted by Crippen LogP contribution is -2.26. The van der Waals surface area contributed by atoms with Crippen molar-refractivity contribution in [2.75, 3.05) is 20.8 Å². The summed E-state index contributed by atoms with van der Waals surface area (Å²) in [5.41, 5.74) is 2.13. The van der Waals surface area contributed by atoms with Crippen LogP contribution in [0.3, 0.4) is 0 Å². The monoisotopic (exact) mass is 375 g/mol. The van der Waals surface area contributed by atoms with E-state index in [2.05, 4.69) is 15.3 Å². The molecule has 3 rings (SSSR count). The van der Waals surface area contributed by atoms with E-state index >= 15 is 0 Å². The Balaban J connectivity index is 1.71. The van der Waals surface area contributed by atoms with Gasteiger partial charge in [0.25, 0.3) is 5.91 Å². The molecule has 3 N–H and O–H groups in total. The number of methoxy groups -OCH3 is 2. The van der Waals surface area contributed by atoms with E-state index in [0.29, 0.717) is 40.3 Å². The van der Waals surface area contributed by atoms with Gasteiger partial charge in [-0.1, -0.05) is 6.07 Å². The largest absolute Gasteiger partial charge is 0.493 e. The summed E-state index contributed by atoms with van der Waals surface area (Å²) in [5, 5.41) is 2.80. The first-order chi connectivity index (χ1) is 12.5. The second kappa shape index (κ2) is 7.57. The number of hydrogen-bond acceptors (Lipinski definition) is 4. The van der Waals surface area contributed by atoms with Crippen LogP contribution in [0.15, 0.2) is 30.3 Å². The number of amides is 1. The van der Waals surface area contributed by atoms with Gasteiger partial charge >= 0.3 is 0 Å². The molecule has 0 atom stereocenters. The van der Waals surface area contributed by atoms with E-state index in [4.69, 9.17) is 21.7 Å². The van der Waals surface area contributed by atoms with Crippen molar-refractivity contribution in [1.82, 2.24) is 15.3 Å². The molecule has 8 heteroatoms. The van der Waals surface area contributed by atoms with Crippen LogP contribution < -0.4 is 14.8 Å². The first kappa shape index (κ1) is 17.9. The molecular weight excluding hydrogens is 357 g/mol. The maximum atomic E-state index is 13.7. The van der Waals surface area contributed by atoms with Crippen LogP contribution in [0.2, 0.25) is 0 Å². The molecule has 0 fully saturated rings. The number of fused-ring (bicyclic) bond motifs is 1. The topological polar surface area (TPSA) is 79.1 Å². The zero-order valence-corrected chi connectivity index (χ0v) is 15.1. The summed E-state index contributed by atoms with van der Waals surface area (Å²) in [6, 6.07) is 8.05. The van der Waals surface area contributed by atoms with Crippen LogP contribution in [0.1, 0.15) is 15.9 Å². The van der Waals surface area contributed by atoms with Gasteiger partial charge in [0.2, 0.25) is 0 Å². The molecule has 0 unspecified atom stereocenters. The van der Waals surface area contributed by atoms with Crippen molar-refractivity contribution in [3.05, 3.63) is 52.0 Å². The smallest absolute Gasteiger partial charge is 0.253 e. The number of ether oxygens (including phenoxy) is 2. The highest BCUT2D eigenvalue weighted by Crippen LogP contribution is 2.27. The molecule has 0 aliphatic carbocycles. The Bertz CT molecular complexity index is 1010. The first-order valence-electron chi connectivity index (χ1n) is 7.92. The summed E-state index contributed by atoms with van der Waals surface area (Å²) in [4.78, 5) is 18.1. The van der Waals surface area contributed by atoms with Gasteiger partial charge in [0, 0.05) is 6.54 Å². The molecule has 0 aliphatic heterocycles. The number of H-pyrrole nitrogens is 2. The van der Waals surface area contributed by atoms with Gasteiger partial charge < -0.3 is 24.8 Å². The lowest BCUT2D eigenvalue weighted by Gasteiger charge is -2.10. The third-order valence-electron chi connectivity index (χ3n) is 3.98. The molecule has 1 heterocycles. The summed E-state index contributed by atoms with van der Waals surface area (Å²) in [6.07, 6.45) is 0.591. The Kier molecular flexibility index (Phi) is 5.22. The molecule has 0 radical (unpaired) electrons. The highest BCUT2D eigenvalue weighted by molar-refractivity contribution is 7.71. The van der Waals surface area contributed by atoms with Crippen LogP contribution in [0, 0.1) is 10.6 Å². The molecule has 0 saturated heterocycles. The fourth-order valence-electron chi connectivity index (χ4n) is 2.74. The number of hydrogen-bond donors (Lipinski definition) is 3. The van der Waals surface area contributed by atoms with Crippen molar-refractivity contribution in [3.63, 3.8) is 0 Å². The van der Waals surface area contributed by atoms with E-state index in [1.807, 2.05) is 18.2 Å². The van der Waals surface area contributed by atoms with Gasteiger partial charge in [-0.25, -0.2) is 4.39 Å². The second-order valence-electron chi connectivity index (χ2n) is 5.65. The van der Waals surface area contributed by atoms with Crippen molar-refractivity contribution >= 4 is 29.2 Å². The summed E-state index contributed by atoms with van der Waals surface area (Å²) >= 11 is 5.01. The first-order valence-corrected chi connectivity index (χ1v) is 8.33.